The third-order valence-corrected chi connectivity index (χ3v) is 3.98. The maximum atomic E-state index is 12.0. The highest BCUT2D eigenvalue weighted by Crippen LogP contribution is 2.17. The van der Waals surface area contributed by atoms with E-state index in [9.17, 15) is 14.4 Å². The lowest BCUT2D eigenvalue weighted by Crippen LogP contribution is -2.36. The molecule has 26 heavy (non-hydrogen) atoms. The zero-order valence-corrected chi connectivity index (χ0v) is 14.1. The Morgan fingerprint density at radius 2 is 2.00 bits per heavy atom. The highest BCUT2D eigenvalue weighted by molar-refractivity contribution is 6.39. The van der Waals surface area contributed by atoms with Gasteiger partial charge in [-0.2, -0.15) is 5.10 Å². The first-order valence-corrected chi connectivity index (χ1v) is 7.93. The molecule has 2 heterocycles. The fourth-order valence-electron chi connectivity index (χ4n) is 2.73. The molecule has 3 rings (SSSR count). The standard InChI is InChI=1S/C17H18N6O3/c1-23-14(15(18)24)13(9-21-23)22-17(26)16(25)19-7-6-10-8-20-12-5-3-2-4-11(10)12/h2-5,8-9,20H,6-7H2,1H3,(H2,18,24)(H,19,25)(H,22,26). The number of aromatic nitrogens is 3. The minimum atomic E-state index is -0.889. The second-order valence-corrected chi connectivity index (χ2v) is 5.71. The molecule has 0 aliphatic rings. The van der Waals surface area contributed by atoms with Crippen molar-refractivity contribution >= 4 is 34.3 Å². The summed E-state index contributed by atoms with van der Waals surface area (Å²) in [5, 5.41) is 9.81. The SMILES string of the molecule is Cn1ncc(NC(=O)C(=O)NCCc2c[nH]c3ccccc23)c1C(N)=O. The molecule has 1 aromatic carbocycles. The lowest BCUT2D eigenvalue weighted by molar-refractivity contribution is -0.136. The Hall–Kier alpha value is -3.62. The third kappa shape index (κ3) is 3.41. The number of H-pyrrole nitrogens is 1. The Morgan fingerprint density at radius 3 is 2.77 bits per heavy atom. The summed E-state index contributed by atoms with van der Waals surface area (Å²) < 4.78 is 1.23. The van der Waals surface area contributed by atoms with Crippen LogP contribution in [0.3, 0.4) is 0 Å². The fourth-order valence-corrected chi connectivity index (χ4v) is 2.73. The predicted octanol–water partition coefficient (Wildman–Crippen LogP) is 0.298. The van der Waals surface area contributed by atoms with Gasteiger partial charge in [-0.3, -0.25) is 19.1 Å². The Labute approximate surface area is 148 Å². The summed E-state index contributed by atoms with van der Waals surface area (Å²) in [6.07, 6.45) is 3.71. The molecule has 2 aromatic heterocycles. The number of aromatic amines is 1. The Bertz CT molecular complexity index is 987. The molecule has 9 nitrogen and oxygen atoms in total. The third-order valence-electron chi connectivity index (χ3n) is 3.98. The van der Waals surface area contributed by atoms with Crippen molar-refractivity contribution in [1.29, 1.82) is 0 Å². The summed E-state index contributed by atoms with van der Waals surface area (Å²) in [4.78, 5) is 38.5. The quantitative estimate of drug-likeness (QED) is 0.490. The van der Waals surface area contributed by atoms with Gasteiger partial charge < -0.3 is 21.4 Å². The number of hydrogen-bond donors (Lipinski definition) is 4. The second kappa shape index (κ2) is 7.09. The molecule has 3 amide bonds. The number of primary amides is 1. The molecule has 0 bridgehead atoms. The van der Waals surface area contributed by atoms with Crippen molar-refractivity contribution in [2.24, 2.45) is 12.8 Å². The van der Waals surface area contributed by atoms with Crippen LogP contribution in [0.25, 0.3) is 10.9 Å². The number of benzene rings is 1. The molecule has 0 aliphatic heterocycles. The van der Waals surface area contributed by atoms with Crippen LogP contribution in [0.2, 0.25) is 0 Å². The van der Waals surface area contributed by atoms with Gasteiger partial charge in [0.1, 0.15) is 5.69 Å². The van der Waals surface area contributed by atoms with E-state index in [-0.39, 0.29) is 11.4 Å². The number of nitrogens with zero attached hydrogens (tertiary/aromatic N) is 2. The first-order chi connectivity index (χ1) is 12.5. The van der Waals surface area contributed by atoms with Gasteiger partial charge >= 0.3 is 11.8 Å². The number of anilines is 1. The Morgan fingerprint density at radius 1 is 1.23 bits per heavy atom. The van der Waals surface area contributed by atoms with Crippen molar-refractivity contribution in [1.82, 2.24) is 20.1 Å². The van der Waals surface area contributed by atoms with Gasteiger partial charge in [-0.05, 0) is 18.1 Å². The van der Waals surface area contributed by atoms with E-state index in [0.717, 1.165) is 16.5 Å². The average Bonchev–Trinajstić information content (AvgIpc) is 3.18. The summed E-state index contributed by atoms with van der Waals surface area (Å²) in [5.41, 5.74) is 7.41. The summed E-state index contributed by atoms with van der Waals surface area (Å²) in [6, 6.07) is 7.84. The molecule has 0 unspecified atom stereocenters. The van der Waals surface area contributed by atoms with Crippen LogP contribution in [0.1, 0.15) is 16.1 Å². The number of nitrogens with one attached hydrogen (secondary N) is 3. The lowest BCUT2D eigenvalue weighted by atomic mass is 10.1. The highest BCUT2D eigenvalue weighted by Gasteiger charge is 2.19. The van der Waals surface area contributed by atoms with Crippen LogP contribution in [0.15, 0.2) is 36.7 Å². The van der Waals surface area contributed by atoms with Crippen LogP contribution < -0.4 is 16.4 Å². The monoisotopic (exact) mass is 354 g/mol. The van der Waals surface area contributed by atoms with Gasteiger partial charge in [0.2, 0.25) is 0 Å². The molecular formula is C17H18N6O3. The van der Waals surface area contributed by atoms with Crippen molar-refractivity contribution in [2.75, 3.05) is 11.9 Å². The van der Waals surface area contributed by atoms with E-state index in [1.807, 2.05) is 30.5 Å². The maximum absolute atomic E-state index is 12.0. The molecule has 0 saturated heterocycles. The van der Waals surface area contributed by atoms with Crippen LogP contribution in [0.5, 0.6) is 0 Å². The van der Waals surface area contributed by atoms with Crippen LogP contribution in [0.4, 0.5) is 5.69 Å². The van der Waals surface area contributed by atoms with Crippen LogP contribution in [-0.2, 0) is 23.1 Å². The summed E-state index contributed by atoms with van der Waals surface area (Å²) in [6.45, 7) is 0.295. The topological polar surface area (TPSA) is 135 Å². The van der Waals surface area contributed by atoms with Gasteiger partial charge in [0, 0.05) is 30.7 Å². The number of para-hydroxylation sites is 1. The molecule has 0 atom stereocenters. The lowest BCUT2D eigenvalue weighted by Gasteiger charge is -2.06. The maximum Gasteiger partial charge on any atom is 0.313 e. The van der Waals surface area contributed by atoms with E-state index in [2.05, 4.69) is 20.7 Å². The van der Waals surface area contributed by atoms with E-state index in [1.54, 1.807) is 0 Å². The highest BCUT2D eigenvalue weighted by atomic mass is 16.2. The van der Waals surface area contributed by atoms with Crippen molar-refractivity contribution < 1.29 is 14.4 Å². The number of rotatable bonds is 5. The van der Waals surface area contributed by atoms with Crippen LogP contribution >= 0.6 is 0 Å². The molecule has 0 radical (unpaired) electrons. The van der Waals surface area contributed by atoms with E-state index >= 15 is 0 Å². The van der Waals surface area contributed by atoms with Gasteiger partial charge in [-0.1, -0.05) is 18.2 Å². The van der Waals surface area contributed by atoms with Crippen molar-refractivity contribution in [3.8, 4) is 0 Å². The number of aryl methyl sites for hydroxylation is 1. The number of hydrogen-bond acceptors (Lipinski definition) is 4. The largest absolute Gasteiger partial charge is 0.364 e. The molecule has 0 fully saturated rings. The minimum Gasteiger partial charge on any atom is -0.364 e. The van der Waals surface area contributed by atoms with Gasteiger partial charge in [-0.15, -0.1) is 0 Å². The van der Waals surface area contributed by atoms with E-state index in [1.165, 1.54) is 17.9 Å². The van der Waals surface area contributed by atoms with E-state index < -0.39 is 17.7 Å². The minimum absolute atomic E-state index is 0.0185. The van der Waals surface area contributed by atoms with E-state index in [4.69, 9.17) is 5.73 Å². The Balaban J connectivity index is 1.57. The summed E-state index contributed by atoms with van der Waals surface area (Å²) in [7, 11) is 1.51. The van der Waals surface area contributed by atoms with Gasteiger partial charge in [0.25, 0.3) is 5.91 Å². The normalized spacial score (nSPS) is 10.7. The number of carbonyl (C=O) groups is 3. The molecule has 0 aliphatic carbocycles. The molecule has 5 N–H and O–H groups in total. The van der Waals surface area contributed by atoms with Gasteiger partial charge in [-0.25, -0.2) is 0 Å². The van der Waals surface area contributed by atoms with E-state index in [0.29, 0.717) is 13.0 Å². The zero-order chi connectivity index (χ0) is 18.7. The second-order valence-electron chi connectivity index (χ2n) is 5.71. The number of carbonyl (C=O) groups excluding carboxylic acids is 3. The molecule has 9 heteroatoms. The molecule has 0 spiro atoms. The van der Waals surface area contributed by atoms with Gasteiger partial charge in [0.15, 0.2) is 0 Å². The van der Waals surface area contributed by atoms with Gasteiger partial charge in [0.05, 0.1) is 11.9 Å². The molecule has 0 saturated carbocycles. The summed E-state index contributed by atoms with van der Waals surface area (Å²) >= 11 is 0. The average molecular weight is 354 g/mol. The molecule has 134 valence electrons. The number of fused-ring (bicyclic) bond motifs is 1. The first kappa shape index (κ1) is 17.2. The van der Waals surface area contributed by atoms with Crippen molar-refractivity contribution in [3.05, 3.63) is 47.9 Å². The first-order valence-electron chi connectivity index (χ1n) is 7.93. The fraction of sp³-hybridized carbons (Fsp3) is 0.176. The predicted molar refractivity (Wildman–Crippen MR) is 95.4 cm³/mol. The zero-order valence-electron chi connectivity index (χ0n) is 14.1. The van der Waals surface area contributed by atoms with Crippen LogP contribution in [0, 0.1) is 0 Å². The summed E-state index contributed by atoms with van der Waals surface area (Å²) in [5.74, 6) is -2.44. The molecular weight excluding hydrogens is 336 g/mol. The van der Waals surface area contributed by atoms with Crippen molar-refractivity contribution in [2.45, 2.75) is 6.42 Å². The Kier molecular flexibility index (Phi) is 4.70. The smallest absolute Gasteiger partial charge is 0.313 e. The number of nitrogens with two attached hydrogens (primary N) is 1. The molecule has 3 aromatic rings. The van der Waals surface area contributed by atoms with Crippen LogP contribution in [-0.4, -0.2) is 39.0 Å². The van der Waals surface area contributed by atoms with Crippen molar-refractivity contribution in [3.63, 3.8) is 0 Å². The number of amides is 3.